The molecule has 13 heavy (non-hydrogen) atoms. The Hall–Kier alpha value is 0.0545. The van der Waals surface area contributed by atoms with Gasteiger partial charge in [0, 0.05) is 0 Å². The maximum Gasteiger partial charge on any atom is 1.00 e. The zero-order chi connectivity index (χ0) is 8.69. The van der Waals surface area contributed by atoms with E-state index in [2.05, 4.69) is 13.7 Å². The standard InChI is InChI=1S/B4O7.2Li/c5-1-9-3(7)11-4(8)10-2-6;;/q-2;2*+1. The predicted octanol–water partition coefficient (Wildman–Crippen LogP) is -8.20. The van der Waals surface area contributed by atoms with Crippen LogP contribution in [0.15, 0.2) is 0 Å². The molecular formula is B4Li2O7. The summed E-state index contributed by atoms with van der Waals surface area (Å²) in [5.41, 5.74) is 0. The van der Waals surface area contributed by atoms with Gasteiger partial charge in [-0.1, -0.05) is 0 Å². The van der Waals surface area contributed by atoms with Gasteiger partial charge in [-0.05, 0) is 0 Å². The third-order valence-corrected chi connectivity index (χ3v) is 0.556. The first-order valence-corrected chi connectivity index (χ1v) is 2.36. The molecule has 13 heteroatoms. The van der Waals surface area contributed by atoms with Crippen molar-refractivity contribution in [2.75, 3.05) is 0 Å². The van der Waals surface area contributed by atoms with Crippen LogP contribution < -0.4 is 37.7 Å². The zero-order valence-corrected chi connectivity index (χ0v) is 7.17. The molecule has 0 fully saturated rings. The summed E-state index contributed by atoms with van der Waals surface area (Å²) in [4.78, 5) is 0. The summed E-state index contributed by atoms with van der Waals surface area (Å²) in [6, 6.07) is 0. The first kappa shape index (κ1) is 18.8. The molecule has 7 nitrogen and oxygen atoms in total. The minimum atomic E-state index is -2.27. The van der Waals surface area contributed by atoms with Crippen LogP contribution in [0.2, 0.25) is 0 Å². The molecule has 0 amide bonds. The summed E-state index contributed by atoms with van der Waals surface area (Å²) in [5.74, 6) is 0. The summed E-state index contributed by atoms with van der Waals surface area (Å²) in [5, 5.41) is 0. The van der Waals surface area contributed by atoms with Gasteiger partial charge in [0.2, 0.25) is 0 Å². The molecule has 0 N–H and O–H groups in total. The van der Waals surface area contributed by atoms with Gasteiger partial charge in [0.1, 0.15) is 0 Å². The van der Waals surface area contributed by atoms with E-state index in [0.717, 1.165) is 0 Å². The average Bonchev–Trinajstić information content (AvgIpc) is 1.87. The quantitative estimate of drug-likeness (QED) is 0.364. The van der Waals surface area contributed by atoms with Crippen molar-refractivity contribution in [2.45, 2.75) is 0 Å². The van der Waals surface area contributed by atoms with Gasteiger partial charge in [0.25, 0.3) is 0 Å². The molecule has 0 unspecified atom stereocenters. The molecule has 0 saturated carbocycles. The molecule has 0 bridgehead atoms. The second-order valence-corrected chi connectivity index (χ2v) is 1.18. The van der Waals surface area contributed by atoms with Gasteiger partial charge in [-0.15, -0.1) is 0 Å². The SMILES string of the molecule is O=BO[B-](=O)O[B-](=O)OB=O.[Li+].[Li+]. The minimum absolute atomic E-state index is 0. The summed E-state index contributed by atoms with van der Waals surface area (Å²) >= 11 is 0. The molecule has 0 heterocycles. The molecule has 0 saturated heterocycles. The fourth-order valence-electron chi connectivity index (χ4n) is 0.246. The van der Waals surface area contributed by atoms with Crippen LogP contribution >= 0.6 is 0 Å². The van der Waals surface area contributed by atoms with Gasteiger partial charge < -0.3 is 0 Å². The van der Waals surface area contributed by atoms with Crippen molar-refractivity contribution in [3.63, 3.8) is 0 Å². The van der Waals surface area contributed by atoms with Crippen molar-refractivity contribution in [1.82, 2.24) is 0 Å². The van der Waals surface area contributed by atoms with Gasteiger partial charge >= 0.3 is 98.9 Å². The van der Waals surface area contributed by atoms with Crippen LogP contribution in [0.5, 0.6) is 0 Å². The molecule has 0 atom stereocenters. The van der Waals surface area contributed by atoms with E-state index in [1.165, 1.54) is 0 Å². The maximum absolute atomic E-state index is 10.1. The van der Waals surface area contributed by atoms with Crippen LogP contribution in [-0.2, 0) is 32.5 Å². The van der Waals surface area contributed by atoms with E-state index in [9.17, 15) is 18.8 Å². The summed E-state index contributed by atoms with van der Waals surface area (Å²) in [6.07, 6.45) is 0. The molecule has 0 aliphatic carbocycles. The maximum atomic E-state index is 10.1. The van der Waals surface area contributed by atoms with E-state index in [1.807, 2.05) is 0 Å². The molecule has 0 aliphatic rings. The van der Waals surface area contributed by atoms with Crippen molar-refractivity contribution >= 4 is 28.7 Å². The molecule has 0 spiro atoms. The summed E-state index contributed by atoms with van der Waals surface area (Å²) in [6.45, 7) is -4.54. The van der Waals surface area contributed by atoms with E-state index in [4.69, 9.17) is 0 Å². The second kappa shape index (κ2) is 12.1. The normalized spacial score (nSPS) is 5.85. The van der Waals surface area contributed by atoms with Crippen molar-refractivity contribution < 1.29 is 70.3 Å². The Bertz CT molecular complexity index is 171. The average molecular weight is 169 g/mol. The van der Waals surface area contributed by atoms with Crippen LogP contribution in [0.1, 0.15) is 0 Å². The fraction of sp³-hybridized carbons (Fsp3) is 0. The fourth-order valence-corrected chi connectivity index (χ4v) is 0.246. The Kier molecular flexibility index (Phi) is 17.4. The number of rotatable bonds is 6. The Morgan fingerprint density at radius 3 is 1.38 bits per heavy atom. The van der Waals surface area contributed by atoms with E-state index < -0.39 is 14.0 Å². The Labute approximate surface area is 98.8 Å². The van der Waals surface area contributed by atoms with Gasteiger partial charge in [0.15, 0.2) is 0 Å². The third-order valence-electron chi connectivity index (χ3n) is 0.556. The van der Waals surface area contributed by atoms with Crippen molar-refractivity contribution in [3.8, 4) is 0 Å². The number of hydrogen-bond donors (Lipinski definition) is 0. The first-order chi connectivity index (χ1) is 5.20. The minimum Gasteiger partial charge on any atom is 1.00 e. The van der Waals surface area contributed by atoms with Crippen LogP contribution in [0.4, 0.5) is 0 Å². The van der Waals surface area contributed by atoms with E-state index >= 15 is 0 Å². The Morgan fingerprint density at radius 1 is 0.846 bits per heavy atom. The summed E-state index contributed by atoms with van der Waals surface area (Å²) in [7, 11) is -0.378. The predicted molar refractivity (Wildman–Crippen MR) is 29.0 cm³/mol. The van der Waals surface area contributed by atoms with Crippen molar-refractivity contribution in [3.05, 3.63) is 0 Å². The molecule has 0 rings (SSSR count). The molecule has 0 aromatic heterocycles. The van der Waals surface area contributed by atoms with E-state index in [-0.39, 0.29) is 52.4 Å². The molecular weight excluding hydrogens is 169 g/mol. The van der Waals surface area contributed by atoms with Crippen LogP contribution in [0.3, 0.4) is 0 Å². The van der Waals surface area contributed by atoms with Gasteiger partial charge in [-0.25, -0.2) is 0 Å². The Balaban J connectivity index is -0.000000500. The zero-order valence-electron chi connectivity index (χ0n) is 7.17. The Morgan fingerprint density at radius 2 is 1.15 bits per heavy atom. The van der Waals surface area contributed by atoms with Crippen LogP contribution in [0, 0.1) is 0 Å². The topological polar surface area (TPSA) is 96.0 Å². The van der Waals surface area contributed by atoms with Crippen molar-refractivity contribution in [1.29, 1.82) is 0 Å². The second-order valence-electron chi connectivity index (χ2n) is 1.18. The molecule has 0 aliphatic heterocycles. The van der Waals surface area contributed by atoms with Gasteiger partial charge in [-0.3, -0.25) is 0 Å². The largest absolute Gasteiger partial charge is 1.00 e. The monoisotopic (exact) mass is 170 g/mol. The van der Waals surface area contributed by atoms with Crippen LogP contribution in [0.25, 0.3) is 0 Å². The van der Waals surface area contributed by atoms with Crippen LogP contribution in [-0.4, -0.2) is 28.7 Å². The summed E-state index contributed by atoms with van der Waals surface area (Å²) < 4.78 is 50.1. The third kappa shape index (κ3) is 12.1. The molecule has 0 aromatic carbocycles. The molecule has 56 valence electrons. The van der Waals surface area contributed by atoms with E-state index in [1.54, 1.807) is 0 Å². The molecule has 0 radical (unpaired) electrons. The van der Waals surface area contributed by atoms with Gasteiger partial charge in [0.05, 0.1) is 0 Å². The molecule has 0 aromatic rings. The van der Waals surface area contributed by atoms with Crippen molar-refractivity contribution in [2.24, 2.45) is 0 Å². The first-order valence-electron chi connectivity index (χ1n) is 2.36. The van der Waals surface area contributed by atoms with E-state index in [0.29, 0.717) is 0 Å². The smallest absolute Gasteiger partial charge is 1.00 e. The number of hydrogen-bond acceptors (Lipinski definition) is 7. The van der Waals surface area contributed by atoms with Gasteiger partial charge in [-0.2, -0.15) is 0 Å².